The molecule has 90 heavy (non-hydrogen) atoms. The average Bonchev–Trinajstić information content (AvgIpc) is 1.33. The molecule has 0 unspecified atom stereocenters. The predicted octanol–water partition coefficient (Wildman–Crippen LogP) is 11.5. The van der Waals surface area contributed by atoms with Crippen LogP contribution in [-0.4, -0.2) is 156 Å². The van der Waals surface area contributed by atoms with Crippen molar-refractivity contribution < 1.29 is 94.8 Å². The molecule has 2 saturated heterocycles. The van der Waals surface area contributed by atoms with Gasteiger partial charge in [0.05, 0.1) is 13.2 Å². The van der Waals surface area contributed by atoms with Crippen LogP contribution in [0.25, 0.3) is 11.1 Å². The first-order valence-electron chi connectivity index (χ1n) is 29.5. The van der Waals surface area contributed by atoms with Gasteiger partial charge in [0.1, 0.15) is 63.5 Å². The van der Waals surface area contributed by atoms with Gasteiger partial charge in [-0.2, -0.15) is 0 Å². The quantitative estimate of drug-likeness (QED) is 0.0134. The minimum Gasteiger partial charge on any atom is -0.455 e. The minimum atomic E-state index is -2.75. The van der Waals surface area contributed by atoms with E-state index in [2.05, 4.69) is 17.2 Å². The summed E-state index contributed by atoms with van der Waals surface area (Å²) >= 11 is 18.2. The van der Waals surface area contributed by atoms with Crippen molar-refractivity contribution in [2.75, 3.05) is 46.2 Å². The molecule has 26 heteroatoms. The monoisotopic (exact) mass is 1330 g/mol. The number of halogens is 3. The number of nitrogens with one attached hydrogen (secondary N) is 2. The first kappa shape index (κ1) is 70.9. The Labute approximate surface area is 540 Å². The summed E-state index contributed by atoms with van der Waals surface area (Å²) in [6.45, 7) is 14.0. The summed E-state index contributed by atoms with van der Waals surface area (Å²) < 4.78 is 84.1. The van der Waals surface area contributed by atoms with Crippen molar-refractivity contribution in [2.45, 2.75) is 156 Å². The van der Waals surface area contributed by atoms with E-state index in [4.69, 9.17) is 101 Å². The van der Waals surface area contributed by atoms with Gasteiger partial charge in [0.15, 0.2) is 39.2 Å². The number of carbonyl (C=O) groups excluding carboxylic acids is 6. The first-order chi connectivity index (χ1) is 42.9. The van der Waals surface area contributed by atoms with Crippen molar-refractivity contribution in [1.29, 1.82) is 0 Å². The van der Waals surface area contributed by atoms with Crippen LogP contribution in [0.3, 0.4) is 0 Å². The largest absolute Gasteiger partial charge is 0.508 e. The van der Waals surface area contributed by atoms with Crippen molar-refractivity contribution in [3.8, 4) is 11.1 Å². The van der Waals surface area contributed by atoms with Gasteiger partial charge in [-0.3, -0.25) is 9.59 Å². The number of hydrogen-bond donors (Lipinski definition) is 2. The van der Waals surface area contributed by atoms with Crippen LogP contribution < -0.4 is 10.6 Å². The summed E-state index contributed by atoms with van der Waals surface area (Å²) in [5.41, 5.74) is 5.23. The minimum absolute atomic E-state index is 0.0326. The van der Waals surface area contributed by atoms with E-state index >= 15 is 0 Å². The Balaban J connectivity index is 1.27. The molecule has 0 radical (unpaired) electrons. The third kappa shape index (κ3) is 21.0. The highest BCUT2D eigenvalue weighted by atomic mass is 35.6. The lowest BCUT2D eigenvalue weighted by Gasteiger charge is -2.49. The number of alkyl carbamates (subject to hydrolysis) is 2. The Kier molecular flexibility index (Phi) is 26.6. The topological polar surface area (TPSA) is 256 Å². The molecule has 7 rings (SSSR count). The summed E-state index contributed by atoms with van der Waals surface area (Å²) in [6.07, 6.45) is -15.6. The highest BCUT2D eigenvalue weighted by Crippen LogP contribution is 2.45. The van der Waals surface area contributed by atoms with Crippen LogP contribution in [0.4, 0.5) is 19.2 Å². The van der Waals surface area contributed by atoms with E-state index in [-0.39, 0.29) is 51.2 Å². The lowest BCUT2D eigenvalue weighted by molar-refractivity contribution is -0.352. The van der Waals surface area contributed by atoms with Gasteiger partial charge in [-0.15, -0.1) is 0 Å². The van der Waals surface area contributed by atoms with Gasteiger partial charge in [-0.1, -0.05) is 177 Å². The van der Waals surface area contributed by atoms with Crippen LogP contribution in [0.15, 0.2) is 122 Å². The molecular formula is C64H79Cl3N2O20Si. The van der Waals surface area contributed by atoms with Crippen molar-refractivity contribution in [3.05, 3.63) is 144 Å². The normalized spacial score (nSPS) is 22.3. The second-order valence-electron chi connectivity index (χ2n) is 23.0. The van der Waals surface area contributed by atoms with Gasteiger partial charge in [0.2, 0.25) is 3.79 Å². The lowest BCUT2D eigenvalue weighted by Crippen LogP contribution is -2.69. The van der Waals surface area contributed by atoms with Gasteiger partial charge in [-0.25, -0.2) is 19.2 Å². The van der Waals surface area contributed by atoms with Crippen molar-refractivity contribution >= 4 is 79.6 Å². The van der Waals surface area contributed by atoms with Crippen LogP contribution in [0.5, 0.6) is 0 Å². The maximum atomic E-state index is 14.8. The lowest BCUT2D eigenvalue weighted by atomic mass is 9.95. The molecule has 2 fully saturated rings. The average molecular weight is 1330 g/mol. The summed E-state index contributed by atoms with van der Waals surface area (Å²) in [5, 5.41) is 5.06. The zero-order chi connectivity index (χ0) is 65.0. The number of esters is 2. The molecule has 0 bridgehead atoms. The highest BCUT2D eigenvalue weighted by molar-refractivity contribution is 6.74. The fraction of sp³-hybridized carbons (Fsp3) is 0.500. The molecule has 3 aliphatic rings. The molecule has 0 saturated carbocycles. The fourth-order valence-corrected chi connectivity index (χ4v) is 11.2. The van der Waals surface area contributed by atoms with E-state index in [1.165, 1.54) is 6.08 Å². The van der Waals surface area contributed by atoms with E-state index in [0.29, 0.717) is 24.8 Å². The Morgan fingerprint density at radius 1 is 0.589 bits per heavy atom. The van der Waals surface area contributed by atoms with Crippen molar-refractivity contribution in [3.63, 3.8) is 0 Å². The van der Waals surface area contributed by atoms with Crippen LogP contribution in [0.1, 0.15) is 82.1 Å². The number of unbranched alkanes of at least 4 members (excludes halogenated alkanes) is 2. The third-order valence-electron chi connectivity index (χ3n) is 15.3. The molecule has 4 aromatic carbocycles. The molecule has 0 spiro atoms. The molecule has 2 amide bonds. The predicted molar refractivity (Wildman–Crippen MR) is 332 cm³/mol. The standard InChI is InChI=1S/C64H79Cl3N2O20Si/c1-9-32-77-61(74)81-37-49-52(78-34-42-23-13-10-14-24-42)55(84-40(2)70)56(85-41(3)71)58(87-49)88-53-50(38-83-90(7,8)63(4,5)6)86-57(76-33-22-12-21-31-68-59(72)79-35-43-25-15-11-16-26-43)51(69-60(73)82-39-64(65,66)67)54(53)89-62(75)80-36-48-46-29-19-17-27-44(46)45-28-18-20-30-47(45)48/h9-11,13-20,23-30,48-58H,1,12,21-22,31-39H2,2-8H3,(H,68,72)(H,69,73)/t49-,50-,51-,52+,53-,54-,55+,56-,57-,58+/m1/s1. The number of ether oxygens (including phenoxy) is 13. The molecule has 2 heterocycles. The molecule has 1 aliphatic carbocycles. The van der Waals surface area contributed by atoms with Crippen LogP contribution in [0.2, 0.25) is 18.1 Å². The van der Waals surface area contributed by atoms with E-state index in [1.54, 1.807) is 24.3 Å². The molecule has 10 atom stereocenters. The Morgan fingerprint density at radius 2 is 1.17 bits per heavy atom. The number of amides is 2. The van der Waals surface area contributed by atoms with Gasteiger partial charge in [0.25, 0.3) is 0 Å². The summed E-state index contributed by atoms with van der Waals surface area (Å²) in [4.78, 5) is 81.0. The molecule has 0 aromatic heterocycles. The Morgan fingerprint density at radius 3 is 1.78 bits per heavy atom. The van der Waals surface area contributed by atoms with Crippen LogP contribution in [-0.2, 0) is 88.8 Å². The molecular weight excluding hydrogens is 1250 g/mol. The zero-order valence-electron chi connectivity index (χ0n) is 51.3. The maximum absolute atomic E-state index is 14.8. The fourth-order valence-electron chi connectivity index (χ4n) is 9.98. The second kappa shape index (κ2) is 33.7. The van der Waals surface area contributed by atoms with Gasteiger partial charge >= 0.3 is 36.4 Å². The number of benzene rings is 4. The maximum Gasteiger partial charge on any atom is 0.508 e. The third-order valence-corrected chi connectivity index (χ3v) is 20.1. The molecule has 4 aromatic rings. The summed E-state index contributed by atoms with van der Waals surface area (Å²) in [6, 6.07) is 32.0. The van der Waals surface area contributed by atoms with Crippen molar-refractivity contribution in [2.24, 2.45) is 0 Å². The zero-order valence-corrected chi connectivity index (χ0v) is 54.6. The Hall–Kier alpha value is -6.51. The van der Waals surface area contributed by atoms with E-state index < -0.39 is 129 Å². The number of carbonyl (C=O) groups is 6. The molecule has 2 aliphatic heterocycles. The molecule has 22 nitrogen and oxygen atoms in total. The smallest absolute Gasteiger partial charge is 0.455 e. The van der Waals surface area contributed by atoms with Crippen LogP contribution >= 0.6 is 34.8 Å². The van der Waals surface area contributed by atoms with E-state index in [0.717, 1.165) is 41.7 Å². The summed E-state index contributed by atoms with van der Waals surface area (Å²) in [5.74, 6) is -2.16. The molecule has 2 N–H and O–H groups in total. The Bertz CT molecular complexity index is 2960. The molecule has 490 valence electrons. The number of alkyl halides is 3. The SMILES string of the molecule is C=CCOC(=O)OC[C@H]1O[C@@H](O[C@H]2[C@H](OC(=O)OCC3c4ccccc4-c4ccccc43)[C@@H](NC(=O)OCC(Cl)(Cl)Cl)[C@H](OCCCCCNC(=O)OCc3ccccc3)O[C@@H]2CO[Si](C)(C)C(C)(C)C)[C@H](OC(C)=O)[C@@H](OC(C)=O)[C@H]1OCc1ccccc1. The van der Waals surface area contributed by atoms with Gasteiger partial charge in [0, 0.05) is 32.9 Å². The van der Waals surface area contributed by atoms with Gasteiger partial charge in [-0.05, 0) is 70.8 Å². The van der Waals surface area contributed by atoms with E-state index in [1.807, 2.05) is 119 Å². The van der Waals surface area contributed by atoms with Crippen LogP contribution in [0, 0.1) is 0 Å². The summed E-state index contributed by atoms with van der Waals surface area (Å²) in [7, 11) is -2.75. The number of fused-ring (bicyclic) bond motifs is 3. The number of hydrogen-bond acceptors (Lipinski definition) is 20. The second-order valence-corrected chi connectivity index (χ2v) is 30.3. The first-order valence-corrected chi connectivity index (χ1v) is 33.5. The number of rotatable bonds is 28. The van der Waals surface area contributed by atoms with Crippen molar-refractivity contribution in [1.82, 2.24) is 10.6 Å². The van der Waals surface area contributed by atoms with E-state index in [9.17, 15) is 28.8 Å². The highest BCUT2D eigenvalue weighted by Gasteiger charge is 2.57. The van der Waals surface area contributed by atoms with Gasteiger partial charge < -0.3 is 76.6 Å².